The van der Waals surface area contributed by atoms with Crippen molar-refractivity contribution in [2.75, 3.05) is 13.1 Å². The number of aromatic amines is 1. The molecule has 0 aliphatic carbocycles. The van der Waals surface area contributed by atoms with Crippen molar-refractivity contribution in [1.82, 2.24) is 15.1 Å². The van der Waals surface area contributed by atoms with E-state index in [1.54, 1.807) is 4.90 Å². The summed E-state index contributed by atoms with van der Waals surface area (Å²) in [4.78, 5) is 13.9. The second-order valence-electron chi connectivity index (χ2n) is 6.23. The molecule has 1 amide bonds. The normalized spacial score (nSPS) is 20.4. The predicted octanol–water partition coefficient (Wildman–Crippen LogP) is 2.83. The predicted molar refractivity (Wildman–Crippen MR) is 73.1 cm³/mol. The lowest BCUT2D eigenvalue weighted by Crippen LogP contribution is -2.42. The molecule has 2 heterocycles. The second kappa shape index (κ2) is 5.23. The van der Waals surface area contributed by atoms with Crippen molar-refractivity contribution in [3.05, 3.63) is 17.5 Å². The third kappa shape index (κ3) is 3.49. The average molecular weight is 265 g/mol. The van der Waals surface area contributed by atoms with Crippen LogP contribution in [0.15, 0.2) is 6.20 Å². The van der Waals surface area contributed by atoms with Gasteiger partial charge in [-0.15, -0.1) is 0 Å². The van der Waals surface area contributed by atoms with Crippen LogP contribution in [-0.2, 0) is 4.74 Å². The molecule has 5 heteroatoms. The molecule has 1 atom stereocenters. The number of carbonyl (C=O) groups is 1. The molecule has 0 radical (unpaired) electrons. The van der Waals surface area contributed by atoms with Crippen LogP contribution in [0.5, 0.6) is 0 Å². The van der Waals surface area contributed by atoms with E-state index in [2.05, 4.69) is 10.2 Å². The van der Waals surface area contributed by atoms with Crippen LogP contribution < -0.4 is 0 Å². The molecule has 1 fully saturated rings. The molecule has 2 rings (SSSR count). The molecule has 0 saturated carbocycles. The van der Waals surface area contributed by atoms with Crippen molar-refractivity contribution in [3.8, 4) is 0 Å². The van der Waals surface area contributed by atoms with Gasteiger partial charge in [0.25, 0.3) is 0 Å². The van der Waals surface area contributed by atoms with E-state index in [9.17, 15) is 4.79 Å². The first kappa shape index (κ1) is 13.9. The summed E-state index contributed by atoms with van der Waals surface area (Å²) in [6.45, 7) is 9.21. The summed E-state index contributed by atoms with van der Waals surface area (Å²) in [7, 11) is 0. The van der Waals surface area contributed by atoms with Gasteiger partial charge in [0.1, 0.15) is 5.60 Å². The van der Waals surface area contributed by atoms with Gasteiger partial charge in [-0.25, -0.2) is 4.79 Å². The van der Waals surface area contributed by atoms with Crippen LogP contribution in [0.1, 0.15) is 50.8 Å². The van der Waals surface area contributed by atoms with E-state index < -0.39 is 5.60 Å². The van der Waals surface area contributed by atoms with Crippen LogP contribution >= 0.6 is 0 Å². The highest BCUT2D eigenvalue weighted by Crippen LogP contribution is 2.28. The Morgan fingerprint density at radius 2 is 2.26 bits per heavy atom. The number of hydrogen-bond donors (Lipinski definition) is 1. The van der Waals surface area contributed by atoms with Crippen molar-refractivity contribution in [2.24, 2.45) is 0 Å². The highest BCUT2D eigenvalue weighted by atomic mass is 16.6. The number of carbonyl (C=O) groups excluding carboxylic acids is 1. The van der Waals surface area contributed by atoms with Crippen LogP contribution in [0, 0.1) is 6.92 Å². The van der Waals surface area contributed by atoms with E-state index >= 15 is 0 Å². The van der Waals surface area contributed by atoms with E-state index in [0.717, 1.165) is 30.6 Å². The van der Waals surface area contributed by atoms with Gasteiger partial charge in [0, 0.05) is 24.7 Å². The molecule has 1 aliphatic rings. The number of aromatic nitrogens is 2. The Balaban J connectivity index is 2.01. The van der Waals surface area contributed by atoms with Crippen LogP contribution in [0.2, 0.25) is 0 Å². The van der Waals surface area contributed by atoms with Crippen molar-refractivity contribution in [1.29, 1.82) is 0 Å². The summed E-state index contributed by atoms with van der Waals surface area (Å²) < 4.78 is 5.43. The minimum Gasteiger partial charge on any atom is -0.444 e. The topological polar surface area (TPSA) is 58.2 Å². The highest BCUT2D eigenvalue weighted by molar-refractivity contribution is 5.68. The maximum atomic E-state index is 12.1. The standard InChI is InChI=1S/C14H23N3O2/c1-10-8-15-16-12(10)11-6-5-7-17(9-11)13(18)19-14(2,3)4/h8,11H,5-7,9H2,1-4H3,(H,15,16). The number of aryl methyl sites for hydroxylation is 1. The molecule has 1 saturated heterocycles. The van der Waals surface area contributed by atoms with E-state index in [4.69, 9.17) is 4.74 Å². The Kier molecular flexibility index (Phi) is 3.83. The van der Waals surface area contributed by atoms with Crippen molar-refractivity contribution in [3.63, 3.8) is 0 Å². The molecule has 0 spiro atoms. The Labute approximate surface area is 114 Å². The summed E-state index contributed by atoms with van der Waals surface area (Å²) in [6.07, 6.45) is 3.71. The van der Waals surface area contributed by atoms with Gasteiger partial charge in [0.05, 0.1) is 6.20 Å². The SMILES string of the molecule is Cc1cn[nH]c1C1CCCN(C(=O)OC(C)(C)C)C1. The van der Waals surface area contributed by atoms with Gasteiger partial charge in [-0.3, -0.25) is 5.10 Å². The van der Waals surface area contributed by atoms with E-state index in [1.165, 1.54) is 0 Å². The molecule has 1 aromatic rings. The van der Waals surface area contributed by atoms with Crippen LogP contribution in [0.4, 0.5) is 4.79 Å². The number of nitrogens with zero attached hydrogens (tertiary/aromatic N) is 2. The fraction of sp³-hybridized carbons (Fsp3) is 0.714. The average Bonchev–Trinajstić information content (AvgIpc) is 2.73. The van der Waals surface area contributed by atoms with Crippen LogP contribution in [0.25, 0.3) is 0 Å². The van der Waals surface area contributed by atoms with E-state index in [1.807, 2.05) is 33.9 Å². The molecule has 1 N–H and O–H groups in total. The molecule has 0 aromatic carbocycles. The third-order valence-electron chi connectivity index (χ3n) is 3.35. The number of piperidine rings is 1. The molecule has 1 aliphatic heterocycles. The molecule has 5 nitrogen and oxygen atoms in total. The molecule has 1 unspecified atom stereocenters. The fourth-order valence-electron chi connectivity index (χ4n) is 2.47. The zero-order valence-electron chi connectivity index (χ0n) is 12.2. The zero-order chi connectivity index (χ0) is 14.0. The Morgan fingerprint density at radius 3 is 2.84 bits per heavy atom. The fourth-order valence-corrected chi connectivity index (χ4v) is 2.47. The highest BCUT2D eigenvalue weighted by Gasteiger charge is 2.29. The maximum absolute atomic E-state index is 12.1. The number of rotatable bonds is 1. The monoisotopic (exact) mass is 265 g/mol. The lowest BCUT2D eigenvalue weighted by Gasteiger charge is -2.34. The van der Waals surface area contributed by atoms with Gasteiger partial charge in [0.15, 0.2) is 0 Å². The van der Waals surface area contributed by atoms with Crippen LogP contribution in [-0.4, -0.2) is 39.9 Å². The largest absolute Gasteiger partial charge is 0.444 e. The number of amides is 1. The third-order valence-corrected chi connectivity index (χ3v) is 3.35. The summed E-state index contributed by atoms with van der Waals surface area (Å²) in [5, 5.41) is 7.12. The van der Waals surface area contributed by atoms with Crippen molar-refractivity contribution in [2.45, 2.75) is 52.1 Å². The molecule has 19 heavy (non-hydrogen) atoms. The molecule has 0 bridgehead atoms. The first-order valence-corrected chi connectivity index (χ1v) is 6.84. The van der Waals surface area contributed by atoms with Crippen molar-refractivity contribution < 1.29 is 9.53 Å². The summed E-state index contributed by atoms with van der Waals surface area (Å²) in [5.41, 5.74) is 1.87. The van der Waals surface area contributed by atoms with Crippen molar-refractivity contribution >= 4 is 6.09 Å². The summed E-state index contributed by atoms with van der Waals surface area (Å²) in [6, 6.07) is 0. The lowest BCUT2D eigenvalue weighted by molar-refractivity contribution is 0.0197. The molecular weight excluding hydrogens is 242 g/mol. The number of likely N-dealkylation sites (tertiary alicyclic amines) is 1. The number of nitrogens with one attached hydrogen (secondary N) is 1. The Hall–Kier alpha value is -1.52. The second-order valence-corrected chi connectivity index (χ2v) is 6.23. The first-order valence-electron chi connectivity index (χ1n) is 6.84. The van der Waals surface area contributed by atoms with Gasteiger partial charge in [-0.1, -0.05) is 0 Å². The zero-order valence-corrected chi connectivity index (χ0v) is 12.2. The Bertz CT molecular complexity index is 448. The summed E-state index contributed by atoms with van der Waals surface area (Å²) >= 11 is 0. The van der Waals surface area contributed by atoms with Gasteiger partial charge in [-0.2, -0.15) is 5.10 Å². The van der Waals surface area contributed by atoms with Gasteiger partial charge in [-0.05, 0) is 46.1 Å². The number of H-pyrrole nitrogens is 1. The van der Waals surface area contributed by atoms with Gasteiger partial charge in [0.2, 0.25) is 0 Å². The minimum atomic E-state index is -0.437. The van der Waals surface area contributed by atoms with Crippen LogP contribution in [0.3, 0.4) is 0 Å². The lowest BCUT2D eigenvalue weighted by atomic mass is 9.93. The minimum absolute atomic E-state index is 0.214. The quantitative estimate of drug-likeness (QED) is 0.849. The van der Waals surface area contributed by atoms with E-state index in [-0.39, 0.29) is 6.09 Å². The van der Waals surface area contributed by atoms with Gasteiger partial charge < -0.3 is 9.64 Å². The smallest absolute Gasteiger partial charge is 0.410 e. The number of hydrogen-bond acceptors (Lipinski definition) is 3. The summed E-state index contributed by atoms with van der Waals surface area (Å²) in [5.74, 6) is 0.337. The maximum Gasteiger partial charge on any atom is 0.410 e. The van der Waals surface area contributed by atoms with Gasteiger partial charge >= 0.3 is 6.09 Å². The van der Waals surface area contributed by atoms with E-state index in [0.29, 0.717) is 12.5 Å². The first-order chi connectivity index (χ1) is 8.87. The molecular formula is C14H23N3O2. The molecule has 106 valence electrons. The Morgan fingerprint density at radius 1 is 1.53 bits per heavy atom. The molecule has 1 aromatic heterocycles. The number of ether oxygens (including phenoxy) is 1.